The van der Waals surface area contributed by atoms with Gasteiger partial charge in [0.15, 0.2) is 22.7 Å². The minimum absolute atomic E-state index is 0.177. The molecule has 0 aliphatic rings. The molecule has 0 unspecified atom stereocenters. The third kappa shape index (κ3) is 8.93. The Kier molecular flexibility index (Phi) is 12.5. The van der Waals surface area contributed by atoms with E-state index in [1.807, 2.05) is 0 Å². The largest absolute Gasteiger partial charge is 0.420 e. The maximum atomic E-state index is 17.5. The fourth-order valence-electron chi connectivity index (χ4n) is 11.1. The fourth-order valence-corrected chi connectivity index (χ4v) is 11.1. The Morgan fingerprint density at radius 1 is 0.310 bits per heavy atom. The van der Waals surface area contributed by atoms with Crippen molar-refractivity contribution >= 4 is 66.4 Å². The Balaban J connectivity index is 1.28. The van der Waals surface area contributed by atoms with Gasteiger partial charge in [-0.15, -0.1) is 0 Å². The first-order chi connectivity index (χ1) is 40.8. The van der Waals surface area contributed by atoms with Gasteiger partial charge >= 0.3 is 6.18 Å². The van der Waals surface area contributed by atoms with E-state index in [0.29, 0.717) is 93.7 Å². The highest BCUT2D eigenvalue weighted by atomic mass is 19.4. The van der Waals surface area contributed by atoms with Crippen LogP contribution in [0.25, 0.3) is 130 Å². The smallest absolute Gasteiger partial charge is 0.308 e. The van der Waals surface area contributed by atoms with Gasteiger partial charge in [0.05, 0.1) is 95.6 Å². The number of nitrogens with zero attached hydrogens (tertiary/aromatic N) is 11. The van der Waals surface area contributed by atoms with Gasteiger partial charge < -0.3 is 9.13 Å². The van der Waals surface area contributed by atoms with E-state index in [2.05, 4.69) is 49.7 Å². The van der Waals surface area contributed by atoms with Crippen LogP contribution in [0, 0.1) is 82.9 Å². The minimum atomic E-state index is -5.18. The number of fused-ring (bicyclic) bond motifs is 6. The molecule has 14 heteroatoms. The van der Waals surface area contributed by atoms with E-state index in [1.165, 1.54) is 45.5 Å². The average molecular weight is 1080 g/mol. The molecule has 386 valence electrons. The molecule has 0 bridgehead atoms. The first-order valence-corrected chi connectivity index (χ1v) is 25.4. The summed E-state index contributed by atoms with van der Waals surface area (Å²) < 4.78 is 55.5. The Morgan fingerprint density at radius 2 is 0.583 bits per heavy atom. The summed E-state index contributed by atoms with van der Waals surface area (Å²) in [5.74, 6) is 0. The van der Waals surface area contributed by atoms with Gasteiger partial charge in [0, 0.05) is 43.8 Å². The molecule has 0 atom stereocenters. The van der Waals surface area contributed by atoms with Gasteiger partial charge in [-0.1, -0.05) is 60.7 Å². The Morgan fingerprint density at radius 3 is 0.857 bits per heavy atom. The van der Waals surface area contributed by atoms with E-state index in [0.717, 1.165) is 0 Å². The summed E-state index contributed by atoms with van der Waals surface area (Å²) >= 11 is 0. The molecule has 0 spiro atoms. The third-order valence-corrected chi connectivity index (χ3v) is 14.8. The lowest BCUT2D eigenvalue weighted by atomic mass is 9.97. The van der Waals surface area contributed by atoms with Crippen LogP contribution in [0.5, 0.6) is 0 Å². The lowest BCUT2D eigenvalue weighted by molar-refractivity contribution is -0.137. The van der Waals surface area contributed by atoms with Crippen molar-refractivity contribution in [2.24, 2.45) is 0 Å². The molecule has 2 heterocycles. The average Bonchev–Trinajstić information content (AvgIpc) is 1.81. The summed E-state index contributed by atoms with van der Waals surface area (Å²) in [5, 5.41) is 52.5. The molecule has 12 aromatic rings. The summed E-state index contributed by atoms with van der Waals surface area (Å²) in [6, 6.07) is 59.6. The van der Waals surface area contributed by atoms with Crippen LogP contribution in [0.15, 0.2) is 182 Å². The molecule has 0 radical (unpaired) electrons. The molecular weight excluding hydrogens is 1050 g/mol. The van der Waals surface area contributed by atoms with E-state index in [9.17, 15) is 26.3 Å². The quantitative estimate of drug-likeness (QED) is 0.146. The van der Waals surface area contributed by atoms with Gasteiger partial charge in [0.25, 0.3) is 0 Å². The molecule has 11 nitrogen and oxygen atoms in total. The molecule has 0 amide bonds. The van der Waals surface area contributed by atoms with Gasteiger partial charge in [-0.05, 0) is 177 Å². The van der Waals surface area contributed by atoms with Crippen molar-refractivity contribution in [2.75, 3.05) is 0 Å². The Labute approximate surface area is 477 Å². The maximum absolute atomic E-state index is 17.5. The molecular formula is C70H30F3N11. The standard InChI is InChI=1S/C70H30F3N11/c1-79-55-21-41(36-75)17-50(25-55)46-8-12-59-60-13-9-47(51-18-42(37-76)22-56(26-51)80-2)30-64(60)83(63(59)29-46)67-33-54(45-7-5-6-40(16-45)35-74)34-68(69(67)70(71,72)73)84-65-31-48(52-19-43(38-77)23-57(27-52)81-3)10-14-61(65)62-15-11-49(32-66(62)84)53-20-44(39-78)24-58(28-53)82-4/h5-34H. The second-order valence-electron chi connectivity index (χ2n) is 19.6. The number of hydrogen-bond acceptors (Lipinski definition) is 5. The van der Waals surface area contributed by atoms with Gasteiger partial charge in [-0.25, -0.2) is 19.4 Å². The summed E-state index contributed by atoms with van der Waals surface area (Å²) in [5.41, 5.74) is 5.58. The van der Waals surface area contributed by atoms with Gasteiger partial charge in [0.2, 0.25) is 0 Å². The molecule has 0 N–H and O–H groups in total. The van der Waals surface area contributed by atoms with E-state index < -0.39 is 11.7 Å². The molecule has 0 saturated heterocycles. The maximum Gasteiger partial charge on any atom is 0.420 e. The van der Waals surface area contributed by atoms with Gasteiger partial charge in [0.1, 0.15) is 5.56 Å². The van der Waals surface area contributed by atoms with Gasteiger partial charge in [-0.3, -0.25) is 0 Å². The van der Waals surface area contributed by atoms with E-state index in [4.69, 9.17) is 26.3 Å². The molecule has 10 aromatic carbocycles. The molecule has 0 aliphatic carbocycles. The van der Waals surface area contributed by atoms with Crippen LogP contribution < -0.4 is 0 Å². The van der Waals surface area contributed by atoms with E-state index >= 15 is 13.2 Å². The number of hydrogen-bond donors (Lipinski definition) is 0. The topological polar surface area (TPSA) is 146 Å². The number of nitriles is 5. The molecule has 12 rings (SSSR count). The van der Waals surface area contributed by atoms with Crippen LogP contribution in [0.1, 0.15) is 33.4 Å². The minimum Gasteiger partial charge on any atom is -0.308 e. The highest BCUT2D eigenvalue weighted by Gasteiger charge is 2.40. The monoisotopic (exact) mass is 1080 g/mol. The Hall–Kier alpha value is -13.0. The molecule has 0 aliphatic heterocycles. The van der Waals surface area contributed by atoms with Crippen molar-refractivity contribution in [1.82, 2.24) is 9.13 Å². The zero-order valence-corrected chi connectivity index (χ0v) is 43.4. The van der Waals surface area contributed by atoms with Crippen molar-refractivity contribution in [3.05, 3.63) is 261 Å². The zero-order valence-electron chi connectivity index (χ0n) is 43.4. The third-order valence-electron chi connectivity index (χ3n) is 14.8. The number of rotatable bonds is 7. The predicted octanol–water partition coefficient (Wildman–Crippen LogP) is 18.8. The van der Waals surface area contributed by atoms with E-state index in [1.54, 1.807) is 146 Å². The highest BCUT2D eigenvalue weighted by Crippen LogP contribution is 2.48. The second kappa shape index (κ2) is 20.3. The predicted molar refractivity (Wildman–Crippen MR) is 316 cm³/mol. The highest BCUT2D eigenvalue weighted by molar-refractivity contribution is 6.13. The molecule has 2 aromatic heterocycles. The lowest BCUT2D eigenvalue weighted by Gasteiger charge is -2.23. The first kappa shape index (κ1) is 51.7. The summed E-state index contributed by atoms with van der Waals surface area (Å²) in [6.07, 6.45) is -5.18. The van der Waals surface area contributed by atoms with Crippen LogP contribution in [0.4, 0.5) is 35.9 Å². The van der Waals surface area contributed by atoms with Crippen LogP contribution in [0.2, 0.25) is 0 Å². The van der Waals surface area contributed by atoms with Crippen molar-refractivity contribution in [3.63, 3.8) is 0 Å². The van der Waals surface area contributed by atoms with Crippen molar-refractivity contribution in [3.8, 4) is 97.4 Å². The summed E-state index contributed by atoms with van der Waals surface area (Å²) in [6.45, 7) is 31.3. The summed E-state index contributed by atoms with van der Waals surface area (Å²) in [4.78, 5) is 14.4. The lowest BCUT2D eigenvalue weighted by Crippen LogP contribution is -2.16. The number of halogens is 3. The van der Waals surface area contributed by atoms with Crippen molar-refractivity contribution in [2.45, 2.75) is 6.18 Å². The van der Waals surface area contributed by atoms with Crippen molar-refractivity contribution in [1.29, 1.82) is 26.3 Å². The summed E-state index contributed by atoms with van der Waals surface area (Å²) in [7, 11) is 0. The normalized spacial score (nSPS) is 10.9. The van der Waals surface area contributed by atoms with Crippen LogP contribution in [-0.4, -0.2) is 9.13 Å². The van der Waals surface area contributed by atoms with Crippen LogP contribution in [-0.2, 0) is 6.18 Å². The Bertz CT molecular complexity index is 4640. The van der Waals surface area contributed by atoms with E-state index in [-0.39, 0.29) is 67.5 Å². The zero-order chi connectivity index (χ0) is 58.6. The van der Waals surface area contributed by atoms with Crippen LogP contribution in [0.3, 0.4) is 0 Å². The number of aromatic nitrogens is 2. The molecule has 84 heavy (non-hydrogen) atoms. The SMILES string of the molecule is [C-]#[N+]c1cc(C#N)cc(-c2ccc3c4ccc(-c5cc(C#N)cc([N+]#[C-])c5)cc4n(-c4cc(-c5cccc(C#N)c5)cc(-n5c6cc(-c7cc(C#N)cc([N+]#[C-])c7)ccc6c6ccc(-c7cc(C#N)cc([N+]#[C-])c7)cc65)c4C(F)(F)F)c3c2)c1. The second-order valence-corrected chi connectivity index (χ2v) is 19.6. The first-order valence-electron chi connectivity index (χ1n) is 25.4. The van der Waals surface area contributed by atoms with Gasteiger partial charge in [-0.2, -0.15) is 39.5 Å². The number of alkyl halides is 3. The molecule has 0 fully saturated rings. The fraction of sp³-hybridized carbons (Fsp3) is 0.0143. The number of benzene rings is 10. The molecule has 0 saturated carbocycles. The van der Waals surface area contributed by atoms with Crippen molar-refractivity contribution < 1.29 is 13.2 Å². The van der Waals surface area contributed by atoms with Crippen LogP contribution >= 0.6 is 0 Å².